The van der Waals surface area contributed by atoms with Gasteiger partial charge in [-0.3, -0.25) is 15.1 Å². The van der Waals surface area contributed by atoms with E-state index >= 15 is 0 Å². The Kier molecular flexibility index (Phi) is 7.16. The molecular weight excluding hydrogens is 419 g/mol. The molecule has 1 N–H and O–H groups in total. The summed E-state index contributed by atoms with van der Waals surface area (Å²) in [5.74, 6) is -0.207. The lowest BCUT2D eigenvalue weighted by Gasteiger charge is -2.21. The first-order valence-electron chi connectivity index (χ1n) is 9.36. The van der Waals surface area contributed by atoms with Gasteiger partial charge in [0.15, 0.2) is 5.75 Å². The van der Waals surface area contributed by atoms with Gasteiger partial charge in [-0.25, -0.2) is 0 Å². The third-order valence-electron chi connectivity index (χ3n) is 5.18. The number of nitro benzene ring substituents is 1. The highest BCUT2D eigenvalue weighted by atomic mass is 35.5. The molecule has 1 atom stereocenters. The minimum atomic E-state index is -0.607. The summed E-state index contributed by atoms with van der Waals surface area (Å²) < 4.78 is 11.3. The highest BCUT2D eigenvalue weighted by molar-refractivity contribution is 6.35. The molecule has 1 aliphatic rings. The summed E-state index contributed by atoms with van der Waals surface area (Å²) in [6.45, 7) is -0.328. The zero-order chi connectivity index (χ0) is 21.0. The van der Waals surface area contributed by atoms with E-state index in [9.17, 15) is 15.2 Å². The van der Waals surface area contributed by atoms with Crippen LogP contribution in [0.5, 0.6) is 11.5 Å². The number of hydrogen-bond donors (Lipinski definition) is 1. The van der Waals surface area contributed by atoms with E-state index in [1.165, 1.54) is 19.5 Å². The van der Waals surface area contributed by atoms with Crippen LogP contribution in [0.25, 0.3) is 0 Å². The molecule has 3 rings (SSSR count). The number of rotatable bonds is 8. The van der Waals surface area contributed by atoms with Crippen molar-refractivity contribution in [2.24, 2.45) is 0 Å². The van der Waals surface area contributed by atoms with Crippen molar-refractivity contribution in [3.8, 4) is 11.5 Å². The summed E-state index contributed by atoms with van der Waals surface area (Å²) in [6, 6.07) is 3.22. The van der Waals surface area contributed by atoms with Crippen LogP contribution in [0.15, 0.2) is 24.5 Å². The average Bonchev–Trinajstić information content (AvgIpc) is 3.20. The van der Waals surface area contributed by atoms with Crippen molar-refractivity contribution in [3.05, 3.63) is 55.8 Å². The Morgan fingerprint density at radius 1 is 1.28 bits per heavy atom. The molecule has 7 nitrogen and oxygen atoms in total. The lowest BCUT2D eigenvalue weighted by atomic mass is 9.91. The molecule has 2 aromatic rings. The van der Waals surface area contributed by atoms with Gasteiger partial charge in [0.1, 0.15) is 0 Å². The van der Waals surface area contributed by atoms with Crippen LogP contribution in [-0.2, 0) is 6.42 Å². The van der Waals surface area contributed by atoms with Gasteiger partial charge in [-0.2, -0.15) is 0 Å². The number of hydrogen-bond acceptors (Lipinski definition) is 6. The molecule has 0 saturated heterocycles. The standard InChI is InChI=1S/C20H22Cl2N2O5/c1-28-18-7-6-14(12(11-25)8-15-16(21)9-23-10-17(15)22)19(24(26)27)20(18)29-13-4-2-3-5-13/h6-7,9-10,12-13,25H,2-5,8,11H2,1H3. The van der Waals surface area contributed by atoms with E-state index in [4.69, 9.17) is 32.7 Å². The minimum Gasteiger partial charge on any atom is -0.493 e. The molecule has 1 heterocycles. The molecule has 1 saturated carbocycles. The number of aromatic nitrogens is 1. The molecule has 1 aromatic carbocycles. The fourth-order valence-corrected chi connectivity index (χ4v) is 4.20. The van der Waals surface area contributed by atoms with E-state index in [0.717, 1.165) is 25.7 Å². The Labute approximate surface area is 178 Å². The highest BCUT2D eigenvalue weighted by Crippen LogP contribution is 2.45. The van der Waals surface area contributed by atoms with Gasteiger partial charge in [0, 0.05) is 23.9 Å². The Morgan fingerprint density at radius 2 is 1.93 bits per heavy atom. The molecule has 29 heavy (non-hydrogen) atoms. The summed E-state index contributed by atoms with van der Waals surface area (Å²) in [6.07, 6.45) is 6.77. The summed E-state index contributed by atoms with van der Waals surface area (Å²) in [7, 11) is 1.44. The van der Waals surface area contributed by atoms with E-state index in [1.54, 1.807) is 12.1 Å². The number of pyridine rings is 1. The molecule has 1 aromatic heterocycles. The minimum absolute atomic E-state index is 0.0884. The Bertz CT molecular complexity index is 867. The lowest BCUT2D eigenvalue weighted by molar-refractivity contribution is -0.387. The molecule has 156 valence electrons. The predicted octanol–water partition coefficient (Wildman–Crippen LogP) is 4.95. The van der Waals surface area contributed by atoms with Crippen molar-refractivity contribution in [1.29, 1.82) is 0 Å². The molecule has 0 bridgehead atoms. The monoisotopic (exact) mass is 440 g/mol. The van der Waals surface area contributed by atoms with Crippen molar-refractivity contribution in [2.45, 2.75) is 44.1 Å². The van der Waals surface area contributed by atoms with Crippen LogP contribution in [-0.4, -0.2) is 34.8 Å². The zero-order valence-electron chi connectivity index (χ0n) is 15.9. The number of aliphatic hydroxyl groups is 1. The van der Waals surface area contributed by atoms with Crippen molar-refractivity contribution in [3.63, 3.8) is 0 Å². The fourth-order valence-electron chi connectivity index (χ4n) is 3.69. The number of benzene rings is 1. The lowest BCUT2D eigenvalue weighted by Crippen LogP contribution is -2.16. The van der Waals surface area contributed by atoms with Gasteiger partial charge in [0.2, 0.25) is 5.75 Å². The number of methoxy groups -OCH3 is 1. The Hall–Kier alpha value is -2.09. The molecule has 9 heteroatoms. The molecule has 1 unspecified atom stereocenters. The third-order valence-corrected chi connectivity index (χ3v) is 5.83. The average molecular weight is 441 g/mol. The second kappa shape index (κ2) is 9.61. The largest absolute Gasteiger partial charge is 0.493 e. The van der Waals surface area contributed by atoms with Crippen LogP contribution in [0.4, 0.5) is 5.69 Å². The molecular formula is C20H22Cl2N2O5. The molecule has 1 aliphatic carbocycles. The predicted molar refractivity (Wildman–Crippen MR) is 110 cm³/mol. The number of ether oxygens (including phenoxy) is 2. The maximum atomic E-state index is 12.0. The summed E-state index contributed by atoms with van der Waals surface area (Å²) >= 11 is 12.4. The van der Waals surface area contributed by atoms with Crippen molar-refractivity contribution in [2.75, 3.05) is 13.7 Å². The smallest absolute Gasteiger partial charge is 0.318 e. The number of halogens is 2. The van der Waals surface area contributed by atoms with Gasteiger partial charge in [-0.15, -0.1) is 0 Å². The Morgan fingerprint density at radius 3 is 2.48 bits per heavy atom. The van der Waals surface area contributed by atoms with Gasteiger partial charge < -0.3 is 14.6 Å². The molecule has 1 fully saturated rings. The second-order valence-corrected chi connectivity index (χ2v) is 7.80. The van der Waals surface area contributed by atoms with Crippen LogP contribution in [0.1, 0.15) is 42.7 Å². The first kappa shape index (κ1) is 21.6. The van der Waals surface area contributed by atoms with E-state index in [1.807, 2.05) is 0 Å². The first-order chi connectivity index (χ1) is 14.0. The summed E-state index contributed by atoms with van der Waals surface area (Å²) in [4.78, 5) is 15.5. The van der Waals surface area contributed by atoms with Crippen LogP contribution in [0.3, 0.4) is 0 Å². The van der Waals surface area contributed by atoms with Crippen LogP contribution < -0.4 is 9.47 Å². The van der Waals surface area contributed by atoms with Gasteiger partial charge in [0.25, 0.3) is 0 Å². The van der Waals surface area contributed by atoms with E-state index < -0.39 is 10.8 Å². The highest BCUT2D eigenvalue weighted by Gasteiger charge is 2.32. The summed E-state index contributed by atoms with van der Waals surface area (Å²) in [5.41, 5.74) is 0.720. The third kappa shape index (κ3) is 4.74. The molecule has 0 aliphatic heterocycles. The quantitative estimate of drug-likeness (QED) is 0.460. The number of nitro groups is 1. The topological polar surface area (TPSA) is 94.7 Å². The normalized spacial score (nSPS) is 15.3. The van der Waals surface area contributed by atoms with Gasteiger partial charge in [-0.05, 0) is 49.8 Å². The van der Waals surface area contributed by atoms with E-state index in [-0.39, 0.29) is 30.6 Å². The van der Waals surface area contributed by atoms with Crippen molar-refractivity contribution >= 4 is 28.9 Å². The van der Waals surface area contributed by atoms with E-state index in [2.05, 4.69) is 4.98 Å². The Balaban J connectivity index is 2.05. The zero-order valence-corrected chi connectivity index (χ0v) is 17.4. The number of nitrogens with zero attached hydrogens (tertiary/aromatic N) is 2. The molecule has 0 radical (unpaired) electrons. The van der Waals surface area contributed by atoms with Crippen LogP contribution in [0.2, 0.25) is 10.0 Å². The maximum Gasteiger partial charge on any atom is 0.318 e. The van der Waals surface area contributed by atoms with Gasteiger partial charge in [-0.1, -0.05) is 23.2 Å². The van der Waals surface area contributed by atoms with Gasteiger partial charge >= 0.3 is 5.69 Å². The molecule has 0 amide bonds. The van der Waals surface area contributed by atoms with Crippen molar-refractivity contribution in [1.82, 2.24) is 4.98 Å². The number of aliphatic hydroxyl groups excluding tert-OH is 1. The first-order valence-corrected chi connectivity index (χ1v) is 10.1. The van der Waals surface area contributed by atoms with Crippen molar-refractivity contribution < 1.29 is 19.5 Å². The van der Waals surface area contributed by atoms with E-state index in [0.29, 0.717) is 26.9 Å². The fraction of sp³-hybridized carbons (Fsp3) is 0.450. The van der Waals surface area contributed by atoms with Crippen LogP contribution >= 0.6 is 23.2 Å². The maximum absolute atomic E-state index is 12.0. The van der Waals surface area contributed by atoms with Crippen LogP contribution in [0, 0.1) is 10.1 Å². The van der Waals surface area contributed by atoms with Gasteiger partial charge in [0.05, 0.1) is 34.8 Å². The second-order valence-electron chi connectivity index (χ2n) is 6.98. The SMILES string of the molecule is COc1ccc(C(CO)Cc2c(Cl)cncc2Cl)c([N+](=O)[O-])c1OC1CCCC1. The summed E-state index contributed by atoms with van der Waals surface area (Å²) in [5, 5.41) is 22.7. The molecule has 0 spiro atoms.